The van der Waals surface area contributed by atoms with Crippen LogP contribution in [0.4, 0.5) is 0 Å². The Kier molecular flexibility index (Phi) is 5.12. The van der Waals surface area contributed by atoms with E-state index in [4.69, 9.17) is 10.4 Å². The third-order valence-electron chi connectivity index (χ3n) is 2.49. The zero-order valence-corrected chi connectivity index (χ0v) is 13.8. The smallest absolute Gasteiger partial charge is 0.336 e. The molecular formula is C12H13IN2O4S. The molecule has 0 aromatic heterocycles. The second-order valence-electron chi connectivity index (χ2n) is 4.77. The largest absolute Gasteiger partial charge is 0.478 e. The van der Waals surface area contributed by atoms with Gasteiger partial charge in [-0.3, -0.25) is 0 Å². The van der Waals surface area contributed by atoms with Crippen LogP contribution in [0.25, 0.3) is 0 Å². The van der Waals surface area contributed by atoms with Crippen LogP contribution in [0.1, 0.15) is 24.2 Å². The van der Waals surface area contributed by atoms with Crippen LogP contribution in [0.2, 0.25) is 0 Å². The molecule has 0 aliphatic heterocycles. The van der Waals surface area contributed by atoms with Crippen molar-refractivity contribution in [1.29, 1.82) is 5.26 Å². The van der Waals surface area contributed by atoms with E-state index in [1.54, 1.807) is 13.8 Å². The number of benzene rings is 1. The zero-order valence-electron chi connectivity index (χ0n) is 10.8. The number of aromatic carboxylic acids is 1. The molecule has 0 heterocycles. The molecule has 0 atom stereocenters. The molecule has 0 unspecified atom stereocenters. The van der Waals surface area contributed by atoms with Gasteiger partial charge >= 0.3 is 5.97 Å². The second-order valence-corrected chi connectivity index (χ2v) is 7.70. The van der Waals surface area contributed by atoms with Crippen molar-refractivity contribution in [2.75, 3.05) is 6.54 Å². The van der Waals surface area contributed by atoms with Crippen LogP contribution < -0.4 is 4.72 Å². The van der Waals surface area contributed by atoms with Crippen LogP contribution >= 0.6 is 22.6 Å². The molecule has 0 radical (unpaired) electrons. The second kappa shape index (κ2) is 6.07. The molecule has 20 heavy (non-hydrogen) atoms. The highest BCUT2D eigenvalue weighted by Gasteiger charge is 2.23. The molecule has 1 aromatic carbocycles. The Morgan fingerprint density at radius 1 is 1.50 bits per heavy atom. The standard InChI is InChI=1S/C12H13IN2O4S/c1-12(2,6-14)7-15-20(18,19)8-3-4-10(13)9(5-8)11(16)17/h3-5,15H,7H2,1-2H3,(H,16,17). The fourth-order valence-corrected chi connectivity index (χ4v) is 3.04. The van der Waals surface area contributed by atoms with Gasteiger partial charge in [0.25, 0.3) is 0 Å². The van der Waals surface area contributed by atoms with E-state index in [1.165, 1.54) is 12.1 Å². The van der Waals surface area contributed by atoms with Crippen molar-refractivity contribution in [3.05, 3.63) is 27.3 Å². The van der Waals surface area contributed by atoms with Gasteiger partial charge in [0.2, 0.25) is 10.0 Å². The first kappa shape index (κ1) is 16.9. The quantitative estimate of drug-likeness (QED) is 0.723. The van der Waals surface area contributed by atoms with Crippen LogP contribution in [0.5, 0.6) is 0 Å². The Labute approximate surface area is 131 Å². The first-order chi connectivity index (χ1) is 9.09. The van der Waals surface area contributed by atoms with Gasteiger partial charge in [0.05, 0.1) is 21.9 Å². The molecule has 0 aliphatic rings. The maximum Gasteiger partial charge on any atom is 0.336 e. The summed E-state index contributed by atoms with van der Waals surface area (Å²) in [5, 5.41) is 17.8. The number of hydrogen-bond acceptors (Lipinski definition) is 4. The van der Waals surface area contributed by atoms with Crippen LogP contribution in [-0.2, 0) is 10.0 Å². The van der Waals surface area contributed by atoms with E-state index < -0.39 is 21.4 Å². The van der Waals surface area contributed by atoms with Gasteiger partial charge < -0.3 is 5.11 Å². The molecule has 0 amide bonds. The van der Waals surface area contributed by atoms with Crippen molar-refractivity contribution in [2.24, 2.45) is 5.41 Å². The summed E-state index contributed by atoms with van der Waals surface area (Å²) >= 11 is 1.82. The van der Waals surface area contributed by atoms with Gasteiger partial charge in [0.1, 0.15) is 0 Å². The van der Waals surface area contributed by atoms with Crippen LogP contribution in [0.15, 0.2) is 23.1 Å². The molecule has 1 rings (SSSR count). The molecule has 0 bridgehead atoms. The zero-order chi connectivity index (χ0) is 15.6. The van der Waals surface area contributed by atoms with E-state index in [-0.39, 0.29) is 17.0 Å². The summed E-state index contributed by atoms with van der Waals surface area (Å²) in [6, 6.07) is 5.84. The monoisotopic (exact) mass is 408 g/mol. The molecule has 6 nitrogen and oxygen atoms in total. The van der Waals surface area contributed by atoms with E-state index in [0.717, 1.165) is 6.07 Å². The summed E-state index contributed by atoms with van der Waals surface area (Å²) in [5.41, 5.74) is -0.917. The lowest BCUT2D eigenvalue weighted by Gasteiger charge is -2.16. The molecule has 2 N–H and O–H groups in total. The lowest BCUT2D eigenvalue weighted by Crippen LogP contribution is -2.33. The van der Waals surface area contributed by atoms with Gasteiger partial charge in [-0.15, -0.1) is 0 Å². The highest BCUT2D eigenvalue weighted by atomic mass is 127. The molecule has 0 saturated carbocycles. The van der Waals surface area contributed by atoms with Crippen molar-refractivity contribution in [1.82, 2.24) is 4.72 Å². The van der Waals surface area contributed by atoms with Gasteiger partial charge in [-0.1, -0.05) is 0 Å². The Balaban J connectivity index is 3.09. The number of halogens is 1. The van der Waals surface area contributed by atoms with Gasteiger partial charge in [0.15, 0.2) is 0 Å². The fraction of sp³-hybridized carbons (Fsp3) is 0.333. The highest BCUT2D eigenvalue weighted by molar-refractivity contribution is 14.1. The molecular weight excluding hydrogens is 395 g/mol. The fourth-order valence-electron chi connectivity index (χ4n) is 1.23. The van der Waals surface area contributed by atoms with E-state index in [9.17, 15) is 13.2 Å². The Hall–Kier alpha value is -1.18. The summed E-state index contributed by atoms with van der Waals surface area (Å²) in [6.07, 6.45) is 0. The predicted octanol–water partition coefficient (Wildman–Crippen LogP) is 1.82. The summed E-state index contributed by atoms with van der Waals surface area (Å²) in [4.78, 5) is 10.9. The van der Waals surface area contributed by atoms with Crippen molar-refractivity contribution in [2.45, 2.75) is 18.7 Å². The molecule has 0 spiro atoms. The average Bonchev–Trinajstić information content (AvgIpc) is 2.36. The average molecular weight is 408 g/mol. The summed E-state index contributed by atoms with van der Waals surface area (Å²) in [5.74, 6) is -1.19. The molecule has 0 aliphatic carbocycles. The summed E-state index contributed by atoms with van der Waals surface area (Å²) in [6.45, 7) is 3.15. The molecule has 8 heteroatoms. The summed E-state index contributed by atoms with van der Waals surface area (Å²) in [7, 11) is -3.84. The van der Waals surface area contributed by atoms with E-state index in [2.05, 4.69) is 4.72 Å². The number of rotatable bonds is 5. The van der Waals surface area contributed by atoms with E-state index in [0.29, 0.717) is 3.57 Å². The Morgan fingerprint density at radius 2 is 2.10 bits per heavy atom. The molecule has 108 valence electrons. The number of nitrogens with zero attached hydrogens (tertiary/aromatic N) is 1. The van der Waals surface area contributed by atoms with Crippen LogP contribution in [0, 0.1) is 20.3 Å². The highest BCUT2D eigenvalue weighted by Crippen LogP contribution is 2.19. The van der Waals surface area contributed by atoms with Crippen LogP contribution in [0.3, 0.4) is 0 Å². The molecule has 0 fully saturated rings. The number of nitriles is 1. The van der Waals surface area contributed by atoms with Gasteiger partial charge in [-0.25, -0.2) is 17.9 Å². The van der Waals surface area contributed by atoms with Crippen molar-refractivity contribution < 1.29 is 18.3 Å². The number of sulfonamides is 1. The first-order valence-electron chi connectivity index (χ1n) is 5.53. The lowest BCUT2D eigenvalue weighted by atomic mass is 9.97. The lowest BCUT2D eigenvalue weighted by molar-refractivity contribution is 0.0695. The minimum absolute atomic E-state index is 0.0553. The maximum atomic E-state index is 12.1. The van der Waals surface area contributed by atoms with Crippen molar-refractivity contribution in [3.63, 3.8) is 0 Å². The van der Waals surface area contributed by atoms with E-state index in [1.807, 2.05) is 28.7 Å². The topological polar surface area (TPSA) is 107 Å². The summed E-state index contributed by atoms with van der Waals surface area (Å²) < 4.78 is 26.9. The minimum Gasteiger partial charge on any atom is -0.478 e. The maximum absolute atomic E-state index is 12.1. The third-order valence-corrected chi connectivity index (χ3v) is 4.82. The molecule has 0 saturated heterocycles. The Bertz CT molecular complexity index is 677. The van der Waals surface area contributed by atoms with E-state index >= 15 is 0 Å². The minimum atomic E-state index is -3.84. The van der Waals surface area contributed by atoms with Crippen molar-refractivity contribution in [3.8, 4) is 6.07 Å². The molecule has 1 aromatic rings. The number of carbonyl (C=O) groups is 1. The third kappa shape index (κ3) is 4.16. The van der Waals surface area contributed by atoms with Gasteiger partial charge in [-0.2, -0.15) is 5.26 Å². The van der Waals surface area contributed by atoms with Crippen LogP contribution in [-0.4, -0.2) is 26.0 Å². The SMILES string of the molecule is CC(C)(C#N)CNS(=O)(=O)c1ccc(I)c(C(=O)O)c1. The normalized spacial score (nSPS) is 11.9. The number of hydrogen-bond donors (Lipinski definition) is 2. The number of carboxylic acid groups (broad SMARTS) is 1. The first-order valence-corrected chi connectivity index (χ1v) is 8.09. The van der Waals surface area contributed by atoms with Gasteiger partial charge in [-0.05, 0) is 54.6 Å². The number of carboxylic acids is 1. The predicted molar refractivity (Wildman–Crippen MR) is 80.7 cm³/mol. The Morgan fingerprint density at radius 3 is 2.60 bits per heavy atom. The van der Waals surface area contributed by atoms with Gasteiger partial charge in [0, 0.05) is 10.1 Å². The van der Waals surface area contributed by atoms with Crippen molar-refractivity contribution >= 4 is 38.6 Å². The number of nitrogens with one attached hydrogen (secondary N) is 1.